The molecule has 3 aromatic carbocycles. The Hall–Kier alpha value is -3.62. The van der Waals surface area contributed by atoms with Gasteiger partial charge in [0.2, 0.25) is 11.8 Å². The number of ether oxygens (including phenoxy) is 1. The van der Waals surface area contributed by atoms with Gasteiger partial charge in [-0.05, 0) is 59.6 Å². The summed E-state index contributed by atoms with van der Waals surface area (Å²) in [5, 5.41) is 1.10. The van der Waals surface area contributed by atoms with E-state index in [4.69, 9.17) is 4.74 Å². The molecule has 2 saturated carbocycles. The Bertz CT molecular complexity index is 1670. The number of carbonyl (C=O) groups excluding carboxylic acids is 2. The highest BCUT2D eigenvalue weighted by Crippen LogP contribution is 2.68. The minimum absolute atomic E-state index is 0.00185. The number of benzene rings is 3. The molecule has 8 heteroatoms. The van der Waals surface area contributed by atoms with Crippen LogP contribution in [-0.2, 0) is 16.2 Å². The van der Waals surface area contributed by atoms with Gasteiger partial charge in [0.05, 0.1) is 22.5 Å². The summed E-state index contributed by atoms with van der Waals surface area (Å²) in [5.41, 5.74) is 2.89. The maximum absolute atomic E-state index is 13.8. The molecule has 40 heavy (non-hydrogen) atoms. The number of aromatic nitrogens is 1. The standard InChI is InChI=1S/C32H26N2O4S2/c35-30-25-21-15-22(26(25)31(36)34(30)19-9-5-2-6-10-19)27-24(21)23(28-29(39-27)33-32(37)40-28)18-11-13-20(14-12-18)38-16-17-7-3-1-4-8-17/h1-14,21-27H,15-16H2,(H,33,37)/t21?,22?,23-,24?,25?,26?,27?/m1/s1. The van der Waals surface area contributed by atoms with E-state index in [9.17, 15) is 14.4 Å². The van der Waals surface area contributed by atoms with Crippen molar-refractivity contribution in [2.24, 2.45) is 29.6 Å². The molecule has 3 fully saturated rings. The fourth-order valence-corrected chi connectivity index (χ4v) is 10.6. The highest BCUT2D eigenvalue weighted by Gasteiger charge is 2.69. The van der Waals surface area contributed by atoms with Gasteiger partial charge in [0.25, 0.3) is 0 Å². The summed E-state index contributed by atoms with van der Waals surface area (Å²) in [5.74, 6) is 0.476. The van der Waals surface area contributed by atoms with Gasteiger partial charge in [0, 0.05) is 16.0 Å². The summed E-state index contributed by atoms with van der Waals surface area (Å²) in [6, 6.07) is 27.6. The number of nitrogens with one attached hydrogen (secondary N) is 1. The summed E-state index contributed by atoms with van der Waals surface area (Å²) in [6.07, 6.45) is 0.881. The van der Waals surface area contributed by atoms with Crippen LogP contribution in [0.2, 0.25) is 0 Å². The molecule has 0 radical (unpaired) electrons. The zero-order valence-electron chi connectivity index (χ0n) is 21.4. The fourth-order valence-electron chi connectivity index (χ4n) is 7.73. The molecule has 8 rings (SSSR count). The van der Waals surface area contributed by atoms with E-state index in [0.29, 0.717) is 12.3 Å². The van der Waals surface area contributed by atoms with Gasteiger partial charge in [-0.3, -0.25) is 19.3 Å². The van der Waals surface area contributed by atoms with Crippen LogP contribution in [0.3, 0.4) is 0 Å². The van der Waals surface area contributed by atoms with Gasteiger partial charge >= 0.3 is 4.87 Å². The first-order chi connectivity index (χ1) is 19.6. The molecule has 3 heterocycles. The molecule has 200 valence electrons. The Kier molecular flexibility index (Phi) is 5.57. The minimum atomic E-state index is -0.298. The largest absolute Gasteiger partial charge is 0.489 e. The van der Waals surface area contributed by atoms with Crippen molar-refractivity contribution < 1.29 is 14.3 Å². The predicted molar refractivity (Wildman–Crippen MR) is 155 cm³/mol. The van der Waals surface area contributed by atoms with E-state index in [2.05, 4.69) is 17.1 Å². The molecule has 1 saturated heterocycles. The molecule has 4 aromatic rings. The number of para-hydroxylation sites is 1. The fraction of sp³-hybridized carbons (Fsp3) is 0.281. The van der Waals surface area contributed by atoms with Crippen LogP contribution in [0.15, 0.2) is 94.7 Å². The lowest BCUT2D eigenvalue weighted by Gasteiger charge is -2.43. The number of H-pyrrole nitrogens is 1. The highest BCUT2D eigenvalue weighted by molar-refractivity contribution is 8.00. The second-order valence-corrected chi connectivity index (χ2v) is 13.4. The Morgan fingerprint density at radius 2 is 1.50 bits per heavy atom. The third kappa shape index (κ3) is 3.58. The van der Waals surface area contributed by atoms with Crippen molar-refractivity contribution in [2.75, 3.05) is 4.90 Å². The van der Waals surface area contributed by atoms with E-state index in [1.807, 2.05) is 72.8 Å². The number of imide groups is 1. The van der Waals surface area contributed by atoms with Crippen molar-refractivity contribution in [3.05, 3.63) is 111 Å². The average molecular weight is 567 g/mol. The first kappa shape index (κ1) is 24.2. The van der Waals surface area contributed by atoms with Crippen LogP contribution in [0.25, 0.3) is 0 Å². The topological polar surface area (TPSA) is 79.5 Å². The van der Waals surface area contributed by atoms with Crippen LogP contribution in [0.1, 0.15) is 28.3 Å². The number of aromatic amines is 1. The van der Waals surface area contributed by atoms with E-state index < -0.39 is 0 Å². The highest BCUT2D eigenvalue weighted by atomic mass is 32.2. The van der Waals surface area contributed by atoms with Crippen LogP contribution in [0.5, 0.6) is 5.75 Å². The van der Waals surface area contributed by atoms with Crippen LogP contribution in [0.4, 0.5) is 5.69 Å². The normalized spacial score (nSPS) is 29.8. The Morgan fingerprint density at radius 1 is 0.825 bits per heavy atom. The maximum atomic E-state index is 13.8. The van der Waals surface area contributed by atoms with Gasteiger partial charge in [0.15, 0.2) is 0 Å². The third-order valence-electron chi connectivity index (χ3n) is 9.23. The van der Waals surface area contributed by atoms with E-state index in [-0.39, 0.29) is 57.4 Å². The number of hydrogen-bond donors (Lipinski definition) is 1. The molecule has 2 bridgehead atoms. The van der Waals surface area contributed by atoms with Crippen molar-refractivity contribution in [1.82, 2.24) is 4.98 Å². The van der Waals surface area contributed by atoms with Crippen LogP contribution >= 0.6 is 23.1 Å². The van der Waals surface area contributed by atoms with Crippen LogP contribution in [0, 0.1) is 29.6 Å². The van der Waals surface area contributed by atoms with Gasteiger partial charge in [0.1, 0.15) is 12.4 Å². The van der Waals surface area contributed by atoms with Gasteiger partial charge in [-0.15, -0.1) is 11.8 Å². The van der Waals surface area contributed by atoms with Gasteiger partial charge in [-0.25, -0.2) is 0 Å². The lowest BCUT2D eigenvalue weighted by Crippen LogP contribution is -2.42. The number of rotatable bonds is 5. The smallest absolute Gasteiger partial charge is 0.305 e. The number of hydrogen-bond acceptors (Lipinski definition) is 6. The number of amides is 2. The molecule has 4 aliphatic rings. The molecule has 2 aliphatic heterocycles. The number of nitrogens with zero attached hydrogens (tertiary/aromatic N) is 1. The first-order valence-electron chi connectivity index (χ1n) is 13.7. The zero-order chi connectivity index (χ0) is 27.0. The molecular formula is C32H26N2O4S2. The number of fused-ring (bicyclic) bond motifs is 9. The third-order valence-corrected chi connectivity index (χ3v) is 11.8. The molecule has 1 aromatic heterocycles. The summed E-state index contributed by atoms with van der Waals surface area (Å²) >= 11 is 3.00. The van der Waals surface area contributed by atoms with Crippen LogP contribution < -0.4 is 14.5 Å². The van der Waals surface area contributed by atoms with Gasteiger partial charge in [-0.1, -0.05) is 72.0 Å². The number of carbonyl (C=O) groups is 2. The van der Waals surface area contributed by atoms with E-state index in [0.717, 1.165) is 33.2 Å². The molecule has 7 atom stereocenters. The Morgan fingerprint density at radius 3 is 2.23 bits per heavy atom. The number of thiazole rings is 1. The van der Waals surface area contributed by atoms with E-state index >= 15 is 0 Å². The number of thioether (sulfide) groups is 1. The number of anilines is 1. The van der Waals surface area contributed by atoms with E-state index in [1.165, 1.54) is 16.2 Å². The molecule has 6 unspecified atom stereocenters. The minimum Gasteiger partial charge on any atom is -0.489 e. The molecule has 6 nitrogen and oxygen atoms in total. The zero-order valence-corrected chi connectivity index (χ0v) is 23.1. The first-order valence-corrected chi connectivity index (χ1v) is 15.4. The average Bonchev–Trinajstić information content (AvgIpc) is 3.72. The molecule has 1 N–H and O–H groups in total. The summed E-state index contributed by atoms with van der Waals surface area (Å²) in [7, 11) is 0. The molecule has 0 spiro atoms. The predicted octanol–water partition coefficient (Wildman–Crippen LogP) is 5.69. The van der Waals surface area contributed by atoms with Crippen molar-refractivity contribution in [3.63, 3.8) is 0 Å². The maximum Gasteiger partial charge on any atom is 0.305 e. The van der Waals surface area contributed by atoms with Crippen LogP contribution in [-0.4, -0.2) is 22.0 Å². The molecular weight excluding hydrogens is 540 g/mol. The second kappa shape index (κ2) is 9.21. The molecule has 2 aliphatic carbocycles. The van der Waals surface area contributed by atoms with Crippen molar-refractivity contribution in [3.8, 4) is 5.75 Å². The molecule has 2 amide bonds. The summed E-state index contributed by atoms with van der Waals surface area (Å²) in [4.78, 5) is 45.5. The Labute approximate surface area is 239 Å². The monoisotopic (exact) mass is 566 g/mol. The SMILES string of the molecule is O=C1C2C3CC(C2C(=O)N1c1ccccc1)C1C3Sc2[nH]c(=O)sc2[C@@H]1c1ccc(OCc2ccccc2)cc1. The Balaban J connectivity index is 1.13. The van der Waals surface area contributed by atoms with Crippen molar-refractivity contribution in [1.29, 1.82) is 0 Å². The summed E-state index contributed by atoms with van der Waals surface area (Å²) < 4.78 is 6.04. The quantitative estimate of drug-likeness (QED) is 0.314. The van der Waals surface area contributed by atoms with Gasteiger partial charge < -0.3 is 9.72 Å². The van der Waals surface area contributed by atoms with E-state index in [1.54, 1.807) is 11.8 Å². The van der Waals surface area contributed by atoms with Crippen molar-refractivity contribution >= 4 is 40.6 Å². The summed E-state index contributed by atoms with van der Waals surface area (Å²) in [6.45, 7) is 0.495. The lowest BCUT2D eigenvalue weighted by molar-refractivity contribution is -0.123. The van der Waals surface area contributed by atoms with Gasteiger partial charge in [-0.2, -0.15) is 0 Å². The van der Waals surface area contributed by atoms with Crippen molar-refractivity contribution in [2.45, 2.75) is 29.2 Å². The lowest BCUT2D eigenvalue weighted by atomic mass is 9.68. The second-order valence-electron chi connectivity index (χ2n) is 11.2.